The molecule has 0 unspecified atom stereocenters. The van der Waals surface area contributed by atoms with Crippen molar-refractivity contribution in [2.45, 2.75) is 13.5 Å². The summed E-state index contributed by atoms with van der Waals surface area (Å²) in [5.74, 6) is -0.288. The minimum absolute atomic E-state index is 0.288. The highest BCUT2D eigenvalue weighted by Crippen LogP contribution is 2.16. The maximum Gasteiger partial charge on any atom is 0.225 e. The van der Waals surface area contributed by atoms with Crippen molar-refractivity contribution >= 4 is 16.7 Å². The lowest BCUT2D eigenvalue weighted by Gasteiger charge is -2.05. The van der Waals surface area contributed by atoms with Crippen LogP contribution in [0.15, 0.2) is 64.0 Å². The molecule has 1 aromatic heterocycles. The highest BCUT2D eigenvalue weighted by Gasteiger charge is 2.04. The molecule has 0 amide bonds. The van der Waals surface area contributed by atoms with Gasteiger partial charge in [0.1, 0.15) is 11.4 Å². The summed E-state index contributed by atoms with van der Waals surface area (Å²) in [6, 6.07) is 15.7. The summed E-state index contributed by atoms with van der Waals surface area (Å²) >= 11 is 0. The molecule has 0 bridgehead atoms. The molecule has 3 nitrogen and oxygen atoms in total. The molecule has 0 radical (unpaired) electrons. The van der Waals surface area contributed by atoms with Crippen molar-refractivity contribution < 1.29 is 13.5 Å². The average molecular weight is 297 g/mol. The van der Waals surface area contributed by atoms with E-state index in [1.54, 1.807) is 12.1 Å². The maximum absolute atomic E-state index is 13.0. The normalized spacial score (nSPS) is 12.0. The Labute approximate surface area is 127 Å². The van der Waals surface area contributed by atoms with Gasteiger partial charge < -0.3 is 9.15 Å². The molecule has 3 aromatic rings. The van der Waals surface area contributed by atoms with Crippen LogP contribution in [0.2, 0.25) is 0 Å². The third-order valence-corrected chi connectivity index (χ3v) is 3.25. The van der Waals surface area contributed by atoms with E-state index in [0.29, 0.717) is 24.5 Å². The number of nitrogens with zero attached hydrogens (tertiary/aromatic N) is 1. The molecule has 22 heavy (non-hydrogen) atoms. The van der Waals surface area contributed by atoms with Crippen LogP contribution in [0, 0.1) is 5.82 Å². The fourth-order valence-electron chi connectivity index (χ4n) is 2.15. The number of rotatable bonds is 4. The van der Waals surface area contributed by atoms with Crippen molar-refractivity contribution in [3.05, 3.63) is 71.5 Å². The Morgan fingerprint density at radius 2 is 1.86 bits per heavy atom. The van der Waals surface area contributed by atoms with Crippen LogP contribution >= 0.6 is 0 Å². The molecular weight excluding hydrogens is 281 g/mol. The first-order valence-corrected chi connectivity index (χ1v) is 7.16. The monoisotopic (exact) mass is 297 g/mol. The van der Waals surface area contributed by atoms with E-state index in [2.05, 4.69) is 4.99 Å². The summed E-state index contributed by atoms with van der Waals surface area (Å²) in [5.41, 5.74) is 2.74. The summed E-state index contributed by atoms with van der Waals surface area (Å²) in [6.45, 7) is 2.97. The summed E-state index contributed by atoms with van der Waals surface area (Å²) in [4.78, 5) is 4.47. The largest absolute Gasteiger partial charge is 0.438 e. The van der Waals surface area contributed by atoms with Gasteiger partial charge in [0, 0.05) is 17.6 Å². The second-order valence-electron chi connectivity index (χ2n) is 4.84. The van der Waals surface area contributed by atoms with Gasteiger partial charge in [-0.15, -0.1) is 0 Å². The van der Waals surface area contributed by atoms with Crippen molar-refractivity contribution in [3.63, 3.8) is 0 Å². The van der Waals surface area contributed by atoms with Crippen LogP contribution in [-0.2, 0) is 11.3 Å². The molecule has 0 aliphatic heterocycles. The topological polar surface area (TPSA) is 34.7 Å². The molecule has 4 heteroatoms. The first-order valence-electron chi connectivity index (χ1n) is 7.16. The Morgan fingerprint density at radius 3 is 2.64 bits per heavy atom. The van der Waals surface area contributed by atoms with E-state index in [4.69, 9.17) is 9.15 Å². The SMILES string of the molecule is CCOCc1cc2ccccc2o/c1=N\c1ccc(F)cc1. The van der Waals surface area contributed by atoms with Crippen LogP contribution in [-0.4, -0.2) is 6.61 Å². The van der Waals surface area contributed by atoms with Gasteiger partial charge in [-0.2, -0.15) is 0 Å². The highest BCUT2D eigenvalue weighted by atomic mass is 19.1. The van der Waals surface area contributed by atoms with Crippen LogP contribution < -0.4 is 5.55 Å². The second kappa shape index (κ2) is 6.54. The van der Waals surface area contributed by atoms with Gasteiger partial charge in [-0.25, -0.2) is 9.38 Å². The van der Waals surface area contributed by atoms with Crippen LogP contribution in [0.4, 0.5) is 10.1 Å². The number of ether oxygens (including phenoxy) is 1. The van der Waals surface area contributed by atoms with Crippen LogP contribution in [0.25, 0.3) is 11.0 Å². The molecule has 0 N–H and O–H groups in total. The third-order valence-electron chi connectivity index (χ3n) is 3.25. The summed E-state index contributed by atoms with van der Waals surface area (Å²) in [5, 5.41) is 0.996. The van der Waals surface area contributed by atoms with E-state index in [1.165, 1.54) is 12.1 Å². The highest BCUT2D eigenvalue weighted by molar-refractivity contribution is 5.76. The fraction of sp³-hybridized carbons (Fsp3) is 0.167. The number of benzene rings is 2. The zero-order valence-electron chi connectivity index (χ0n) is 12.3. The Kier molecular flexibility index (Phi) is 4.30. The van der Waals surface area contributed by atoms with Gasteiger partial charge >= 0.3 is 0 Å². The van der Waals surface area contributed by atoms with E-state index in [9.17, 15) is 4.39 Å². The van der Waals surface area contributed by atoms with Crippen LogP contribution in [0.5, 0.6) is 0 Å². The van der Waals surface area contributed by atoms with E-state index in [0.717, 1.165) is 16.5 Å². The number of hydrogen-bond acceptors (Lipinski definition) is 3. The van der Waals surface area contributed by atoms with Crippen molar-refractivity contribution in [2.75, 3.05) is 6.61 Å². The molecule has 112 valence electrons. The number of para-hydroxylation sites is 1. The first kappa shape index (κ1) is 14.5. The summed E-state index contributed by atoms with van der Waals surface area (Å²) in [6.07, 6.45) is 0. The molecule has 0 spiro atoms. The molecule has 1 heterocycles. The smallest absolute Gasteiger partial charge is 0.225 e. The van der Waals surface area contributed by atoms with E-state index in [1.807, 2.05) is 37.3 Å². The predicted molar refractivity (Wildman–Crippen MR) is 83.2 cm³/mol. The Balaban J connectivity index is 2.14. The van der Waals surface area contributed by atoms with Crippen molar-refractivity contribution in [1.82, 2.24) is 0 Å². The average Bonchev–Trinajstić information content (AvgIpc) is 2.55. The van der Waals surface area contributed by atoms with E-state index < -0.39 is 0 Å². The fourth-order valence-corrected chi connectivity index (χ4v) is 2.15. The van der Waals surface area contributed by atoms with Crippen molar-refractivity contribution in [2.24, 2.45) is 4.99 Å². The predicted octanol–water partition coefficient (Wildman–Crippen LogP) is 4.34. The molecule has 0 atom stereocenters. The molecule has 0 saturated carbocycles. The van der Waals surface area contributed by atoms with Gasteiger partial charge in [-0.05, 0) is 43.3 Å². The Morgan fingerprint density at radius 1 is 1.09 bits per heavy atom. The zero-order valence-corrected chi connectivity index (χ0v) is 12.3. The Hall–Kier alpha value is -2.46. The molecule has 0 saturated heterocycles. The summed E-state index contributed by atoms with van der Waals surface area (Å²) < 4.78 is 24.4. The number of halogens is 1. The molecule has 3 rings (SSSR count). The van der Waals surface area contributed by atoms with Crippen molar-refractivity contribution in [1.29, 1.82) is 0 Å². The quantitative estimate of drug-likeness (QED) is 0.718. The minimum Gasteiger partial charge on any atom is -0.438 e. The first-order chi connectivity index (χ1) is 10.8. The van der Waals surface area contributed by atoms with Gasteiger partial charge in [-0.3, -0.25) is 0 Å². The van der Waals surface area contributed by atoms with Crippen LogP contribution in [0.1, 0.15) is 12.5 Å². The molecule has 0 aliphatic rings. The lowest BCUT2D eigenvalue weighted by Crippen LogP contribution is -2.10. The maximum atomic E-state index is 13.0. The molecule has 0 fully saturated rings. The lowest BCUT2D eigenvalue weighted by atomic mass is 10.2. The van der Waals surface area contributed by atoms with Gasteiger partial charge in [-0.1, -0.05) is 18.2 Å². The van der Waals surface area contributed by atoms with Crippen LogP contribution in [0.3, 0.4) is 0 Å². The Bertz CT molecular complexity index is 838. The van der Waals surface area contributed by atoms with E-state index >= 15 is 0 Å². The molecular formula is C18H16FNO2. The lowest BCUT2D eigenvalue weighted by molar-refractivity contribution is 0.131. The van der Waals surface area contributed by atoms with Gasteiger partial charge in [0.15, 0.2) is 0 Å². The van der Waals surface area contributed by atoms with Gasteiger partial charge in [0.25, 0.3) is 0 Å². The second-order valence-corrected chi connectivity index (χ2v) is 4.84. The summed E-state index contributed by atoms with van der Waals surface area (Å²) in [7, 11) is 0. The standard InChI is InChI=1S/C18H16FNO2/c1-2-21-12-14-11-13-5-3-4-6-17(13)22-18(14)20-16-9-7-15(19)8-10-16/h3-11H,2,12H2,1H3/b20-18-. The number of fused-ring (bicyclic) bond motifs is 1. The minimum atomic E-state index is -0.288. The molecule has 0 aliphatic carbocycles. The van der Waals surface area contributed by atoms with Gasteiger partial charge in [0.05, 0.1) is 12.3 Å². The zero-order chi connectivity index (χ0) is 15.4. The van der Waals surface area contributed by atoms with Crippen molar-refractivity contribution in [3.8, 4) is 0 Å². The third kappa shape index (κ3) is 3.23. The molecule has 2 aromatic carbocycles. The van der Waals surface area contributed by atoms with Gasteiger partial charge in [0.2, 0.25) is 5.55 Å². The number of hydrogen-bond donors (Lipinski definition) is 0. The van der Waals surface area contributed by atoms with E-state index in [-0.39, 0.29) is 5.82 Å².